The molecular weight excluding hydrogens is 547 g/mol. The molecule has 1 aliphatic rings. The molecule has 4 rings (SSSR count). The summed E-state index contributed by atoms with van der Waals surface area (Å²) in [6.07, 6.45) is -2.10. The summed E-state index contributed by atoms with van der Waals surface area (Å²) in [5, 5.41) is 7.81. The van der Waals surface area contributed by atoms with Crippen LogP contribution in [0.15, 0.2) is 41.4 Å². The molecule has 3 aromatic rings. The molecule has 0 bridgehead atoms. The topological polar surface area (TPSA) is 71.3 Å². The summed E-state index contributed by atoms with van der Waals surface area (Å²) < 4.78 is 83.5. The molecule has 0 radical (unpaired) electrons. The number of anilines is 1. The normalized spacial score (nSPS) is 14.8. The predicted octanol–water partition coefficient (Wildman–Crippen LogP) is 7.27. The number of hydrogen-bond donors (Lipinski definition) is 2. The zero-order valence-corrected chi connectivity index (χ0v) is 20.2. The monoisotopic (exact) mass is 563 g/mol. The van der Waals surface area contributed by atoms with Crippen molar-refractivity contribution in [2.24, 2.45) is 4.99 Å². The third-order valence-electron chi connectivity index (χ3n) is 5.52. The van der Waals surface area contributed by atoms with Crippen LogP contribution in [0.4, 0.5) is 37.8 Å². The molecule has 0 atom stereocenters. The van der Waals surface area contributed by atoms with E-state index in [9.17, 15) is 31.1 Å². The zero-order chi connectivity index (χ0) is 26.9. The fourth-order valence-corrected chi connectivity index (χ4v) is 4.23. The number of rotatable bonds is 4. The van der Waals surface area contributed by atoms with E-state index in [1.807, 2.05) is 0 Å². The highest BCUT2D eigenvalue weighted by Crippen LogP contribution is 2.37. The molecule has 0 spiro atoms. The summed E-state index contributed by atoms with van der Waals surface area (Å²) in [6.45, 7) is 0. The standard InChI is InChI=1S/C23H17Cl2F6N5O/c24-11-5-12(26)7-13(6-11)32-22(34-21(37)15-8-18(28)16(25)9-17(15)27)33-20-10-19(23(29,30)31)35-36(20)14-3-1-2-4-14/h5-10,14H,1-4H2,(H2,32,33,34,37). The minimum absolute atomic E-state index is 0.0326. The maximum Gasteiger partial charge on any atom is 0.435 e. The molecular formula is C23H17Cl2F6N5O. The molecule has 0 unspecified atom stereocenters. The summed E-state index contributed by atoms with van der Waals surface area (Å²) in [7, 11) is 0. The second kappa shape index (κ2) is 10.6. The Bertz CT molecular complexity index is 1350. The summed E-state index contributed by atoms with van der Waals surface area (Å²) in [5.41, 5.74) is -1.99. The maximum absolute atomic E-state index is 14.3. The lowest BCUT2D eigenvalue weighted by molar-refractivity contribution is -0.141. The fraction of sp³-hybridized carbons (Fsp3) is 0.261. The number of guanidine groups is 1. The average molecular weight is 564 g/mol. The fourth-order valence-electron chi connectivity index (χ4n) is 3.86. The number of carbonyl (C=O) groups excluding carboxylic acids is 1. The first-order valence-electron chi connectivity index (χ1n) is 10.8. The molecule has 1 fully saturated rings. The van der Waals surface area contributed by atoms with Gasteiger partial charge in [-0.05, 0) is 43.2 Å². The number of nitrogens with zero attached hydrogens (tertiary/aromatic N) is 3. The minimum atomic E-state index is -4.77. The van der Waals surface area contributed by atoms with Crippen LogP contribution in [0.1, 0.15) is 47.8 Å². The summed E-state index contributed by atoms with van der Waals surface area (Å²) in [4.78, 5) is 16.9. The van der Waals surface area contributed by atoms with Gasteiger partial charge in [-0.15, -0.1) is 0 Å². The van der Waals surface area contributed by atoms with Crippen molar-refractivity contribution >= 4 is 46.6 Å². The first-order chi connectivity index (χ1) is 17.4. The van der Waals surface area contributed by atoms with Crippen LogP contribution in [-0.2, 0) is 6.18 Å². The third kappa shape index (κ3) is 6.37. The van der Waals surface area contributed by atoms with Crippen LogP contribution in [0.3, 0.4) is 0 Å². The van der Waals surface area contributed by atoms with Crippen LogP contribution in [0.5, 0.6) is 0 Å². The van der Waals surface area contributed by atoms with Crippen LogP contribution in [0.25, 0.3) is 0 Å². The van der Waals surface area contributed by atoms with Gasteiger partial charge in [-0.1, -0.05) is 36.0 Å². The lowest BCUT2D eigenvalue weighted by atomic mass is 10.2. The third-order valence-corrected chi connectivity index (χ3v) is 6.02. The Morgan fingerprint density at radius 3 is 2.35 bits per heavy atom. The van der Waals surface area contributed by atoms with Crippen LogP contribution in [0, 0.1) is 17.5 Å². The summed E-state index contributed by atoms with van der Waals surface area (Å²) in [6, 6.07) is 4.68. The van der Waals surface area contributed by atoms with Crippen molar-refractivity contribution in [2.75, 3.05) is 5.32 Å². The van der Waals surface area contributed by atoms with E-state index in [1.54, 1.807) is 0 Å². The molecule has 1 heterocycles. The molecule has 6 nitrogen and oxygen atoms in total. The van der Waals surface area contributed by atoms with Crippen molar-refractivity contribution < 1.29 is 31.1 Å². The summed E-state index contributed by atoms with van der Waals surface area (Å²) in [5.74, 6) is -4.99. The average Bonchev–Trinajstić information content (AvgIpc) is 3.45. The zero-order valence-electron chi connectivity index (χ0n) is 18.6. The van der Waals surface area contributed by atoms with Crippen molar-refractivity contribution in [3.8, 4) is 0 Å². The molecule has 1 aliphatic carbocycles. The first-order valence-corrected chi connectivity index (χ1v) is 11.6. The molecule has 2 aromatic carbocycles. The first kappa shape index (κ1) is 26.8. The predicted molar refractivity (Wildman–Crippen MR) is 126 cm³/mol. The van der Waals surface area contributed by atoms with Crippen LogP contribution in [0.2, 0.25) is 10.0 Å². The number of aliphatic imine (C=N–C) groups is 1. The van der Waals surface area contributed by atoms with E-state index in [-0.39, 0.29) is 22.6 Å². The molecule has 1 amide bonds. The Hall–Kier alpha value is -3.25. The van der Waals surface area contributed by atoms with Crippen molar-refractivity contribution in [1.29, 1.82) is 0 Å². The van der Waals surface area contributed by atoms with Gasteiger partial charge in [-0.25, -0.2) is 17.9 Å². The Labute approximate surface area is 216 Å². The Morgan fingerprint density at radius 2 is 1.70 bits per heavy atom. The van der Waals surface area contributed by atoms with E-state index >= 15 is 0 Å². The Morgan fingerprint density at radius 1 is 1.00 bits per heavy atom. The number of nitrogens with one attached hydrogen (secondary N) is 2. The Balaban J connectivity index is 1.77. The molecule has 37 heavy (non-hydrogen) atoms. The molecule has 196 valence electrons. The molecule has 0 saturated heterocycles. The largest absolute Gasteiger partial charge is 0.435 e. The maximum atomic E-state index is 14.3. The van der Waals surface area contributed by atoms with Crippen molar-refractivity contribution in [3.63, 3.8) is 0 Å². The number of hydrogen-bond acceptors (Lipinski definition) is 3. The summed E-state index contributed by atoms with van der Waals surface area (Å²) >= 11 is 11.4. The molecule has 1 saturated carbocycles. The van der Waals surface area contributed by atoms with Gasteiger partial charge in [0.2, 0.25) is 5.96 Å². The molecule has 2 N–H and O–H groups in total. The van der Waals surface area contributed by atoms with Gasteiger partial charge in [-0.3, -0.25) is 10.1 Å². The van der Waals surface area contributed by atoms with Crippen LogP contribution >= 0.6 is 23.2 Å². The van der Waals surface area contributed by atoms with Crippen molar-refractivity contribution in [2.45, 2.75) is 37.9 Å². The van der Waals surface area contributed by atoms with E-state index < -0.39 is 51.8 Å². The van der Waals surface area contributed by atoms with Gasteiger partial charge < -0.3 is 5.32 Å². The van der Waals surface area contributed by atoms with Gasteiger partial charge in [0.05, 0.1) is 16.6 Å². The van der Waals surface area contributed by atoms with Crippen molar-refractivity contribution in [3.05, 3.63) is 75.2 Å². The van der Waals surface area contributed by atoms with Gasteiger partial charge in [0.15, 0.2) is 11.5 Å². The van der Waals surface area contributed by atoms with Gasteiger partial charge in [0, 0.05) is 16.8 Å². The lowest BCUT2D eigenvalue weighted by Crippen LogP contribution is -2.36. The number of benzene rings is 2. The number of carbonyl (C=O) groups is 1. The van der Waals surface area contributed by atoms with Gasteiger partial charge in [0.1, 0.15) is 17.5 Å². The van der Waals surface area contributed by atoms with Gasteiger partial charge >= 0.3 is 6.18 Å². The van der Waals surface area contributed by atoms with Crippen LogP contribution < -0.4 is 10.6 Å². The number of alkyl halides is 3. The Kier molecular flexibility index (Phi) is 7.69. The second-order valence-electron chi connectivity index (χ2n) is 8.21. The molecule has 0 aliphatic heterocycles. The van der Waals surface area contributed by atoms with E-state index in [1.165, 1.54) is 6.07 Å². The van der Waals surface area contributed by atoms with E-state index in [2.05, 4.69) is 20.7 Å². The highest BCUT2D eigenvalue weighted by Gasteiger charge is 2.36. The molecule has 1 aromatic heterocycles. The smallest absolute Gasteiger partial charge is 0.325 e. The number of halogens is 8. The number of amides is 1. The highest BCUT2D eigenvalue weighted by atomic mass is 35.5. The SMILES string of the molecule is O=C(NC(=Nc1cc(C(F)(F)F)nn1C1CCCC1)Nc1cc(F)cc(Cl)c1)c1cc(F)c(Cl)cc1F. The van der Waals surface area contributed by atoms with Gasteiger partial charge in [-0.2, -0.15) is 23.3 Å². The van der Waals surface area contributed by atoms with E-state index in [4.69, 9.17) is 23.2 Å². The van der Waals surface area contributed by atoms with Crippen LogP contribution in [-0.4, -0.2) is 21.6 Å². The van der Waals surface area contributed by atoms with E-state index in [0.29, 0.717) is 31.0 Å². The van der Waals surface area contributed by atoms with Gasteiger partial charge in [0.25, 0.3) is 5.91 Å². The second-order valence-corrected chi connectivity index (χ2v) is 9.06. The van der Waals surface area contributed by atoms with E-state index in [0.717, 1.165) is 29.7 Å². The number of aromatic nitrogens is 2. The van der Waals surface area contributed by atoms with Crippen molar-refractivity contribution in [1.82, 2.24) is 15.1 Å². The molecule has 14 heteroatoms. The minimum Gasteiger partial charge on any atom is -0.325 e. The highest BCUT2D eigenvalue weighted by molar-refractivity contribution is 6.31. The quantitative estimate of drug-likeness (QED) is 0.152. The lowest BCUT2D eigenvalue weighted by Gasteiger charge is -2.15.